The van der Waals surface area contributed by atoms with Gasteiger partial charge in [0.1, 0.15) is 11.4 Å². The Labute approximate surface area is 259 Å². The Morgan fingerprint density at radius 2 is 1.88 bits per heavy atom. The van der Waals surface area contributed by atoms with Crippen LogP contribution in [0.25, 0.3) is 0 Å². The number of piperidine rings is 1. The van der Waals surface area contributed by atoms with Crippen LogP contribution < -0.4 is 10.2 Å². The quantitative estimate of drug-likeness (QED) is 0.305. The van der Waals surface area contributed by atoms with Gasteiger partial charge in [0.15, 0.2) is 6.29 Å². The van der Waals surface area contributed by atoms with Crippen LogP contribution in [0, 0.1) is 17.7 Å². The van der Waals surface area contributed by atoms with Crippen molar-refractivity contribution in [1.29, 1.82) is 0 Å². The fraction of sp³-hybridized carbons (Fsp3) is 0.394. The van der Waals surface area contributed by atoms with E-state index in [-0.39, 0.29) is 28.4 Å². The Balaban J connectivity index is 1.41. The normalized spacial score (nSPS) is 27.4. The van der Waals surface area contributed by atoms with Crippen LogP contribution in [0.15, 0.2) is 60.7 Å². The lowest BCUT2D eigenvalue weighted by atomic mass is 9.70. The minimum Gasteiger partial charge on any atom is -0.364 e. The Bertz CT molecular complexity index is 1620. The molecule has 2 saturated heterocycles. The van der Waals surface area contributed by atoms with E-state index >= 15 is 4.39 Å². The zero-order valence-corrected chi connectivity index (χ0v) is 25.1. The van der Waals surface area contributed by atoms with E-state index in [9.17, 15) is 14.7 Å². The fourth-order valence-electron chi connectivity index (χ4n) is 7.59. The number of benzene rings is 3. The van der Waals surface area contributed by atoms with Gasteiger partial charge in [-0.15, -0.1) is 0 Å². The minimum absolute atomic E-state index is 0.0581. The number of fused-ring (bicyclic) bond motifs is 3. The number of hydrogen-bond donors (Lipinski definition) is 2. The molecule has 2 amide bonds. The van der Waals surface area contributed by atoms with E-state index in [0.717, 1.165) is 12.8 Å². The Hall–Kier alpha value is -3.01. The van der Waals surface area contributed by atoms with Crippen molar-refractivity contribution in [2.45, 2.75) is 50.0 Å². The van der Waals surface area contributed by atoms with E-state index in [2.05, 4.69) is 10.2 Å². The first kappa shape index (κ1) is 28.7. The molecule has 1 unspecified atom stereocenters. The van der Waals surface area contributed by atoms with Crippen LogP contribution >= 0.6 is 23.2 Å². The minimum atomic E-state index is -1.33. The number of nitrogens with one attached hydrogen (secondary N) is 1. The standard InChI is InChI=1S/C33H32Cl2FN3O4/c1-2-43-31(41)19-5-3-6-21(15-19)38-14-13-26-27(30(38)40)28(22-7-4-8-24(35)29(22)36)33(39(26)17-18-9-10-18)23-12-11-20(34)16-25(23)37-32(33)42/h3-8,11-12,15-16,18,26-28,31,41H,2,9-10,13-14,17H2,1H3,(H,37,42)/t26-,27+,28-,31?,33+/m0/s1. The molecule has 3 aromatic carbocycles. The van der Waals surface area contributed by atoms with Crippen LogP contribution in [0.2, 0.25) is 10.0 Å². The smallest absolute Gasteiger partial charge is 0.250 e. The monoisotopic (exact) mass is 623 g/mol. The number of halogens is 3. The molecule has 3 aromatic rings. The van der Waals surface area contributed by atoms with Gasteiger partial charge < -0.3 is 20.1 Å². The summed E-state index contributed by atoms with van der Waals surface area (Å²) < 4.78 is 21.5. The van der Waals surface area contributed by atoms with Crippen molar-refractivity contribution in [1.82, 2.24) is 4.90 Å². The van der Waals surface area contributed by atoms with Crippen LogP contribution in [-0.2, 0) is 19.9 Å². The van der Waals surface area contributed by atoms with Crippen LogP contribution in [0.4, 0.5) is 15.8 Å². The van der Waals surface area contributed by atoms with Gasteiger partial charge in [-0.2, -0.15) is 0 Å². The summed E-state index contributed by atoms with van der Waals surface area (Å²) in [5.74, 6) is -2.31. The molecule has 3 heterocycles. The van der Waals surface area contributed by atoms with Gasteiger partial charge in [0.2, 0.25) is 11.8 Å². The third-order valence-electron chi connectivity index (χ3n) is 9.52. The molecule has 0 aromatic heterocycles. The van der Waals surface area contributed by atoms with E-state index in [0.29, 0.717) is 59.6 Å². The first-order valence-corrected chi connectivity index (χ1v) is 15.5. The first-order valence-electron chi connectivity index (χ1n) is 14.8. The second kappa shape index (κ2) is 10.9. The second-order valence-electron chi connectivity index (χ2n) is 11.9. The molecule has 5 atom stereocenters. The molecule has 2 N–H and O–H groups in total. The lowest BCUT2D eigenvalue weighted by molar-refractivity contribution is -0.128. The number of ether oxygens (including phenoxy) is 1. The van der Waals surface area contributed by atoms with Crippen LogP contribution in [-0.4, -0.2) is 47.6 Å². The molecule has 1 saturated carbocycles. The summed E-state index contributed by atoms with van der Waals surface area (Å²) in [6, 6.07) is 16.9. The van der Waals surface area contributed by atoms with E-state index in [1.54, 1.807) is 54.3 Å². The fourth-order valence-corrected chi connectivity index (χ4v) is 7.94. The predicted octanol–water partition coefficient (Wildman–Crippen LogP) is 6.24. The third kappa shape index (κ3) is 4.49. The van der Waals surface area contributed by atoms with Crippen molar-refractivity contribution in [3.05, 3.63) is 93.2 Å². The van der Waals surface area contributed by atoms with Gasteiger partial charge in [-0.05, 0) is 68.0 Å². The molecule has 43 heavy (non-hydrogen) atoms. The van der Waals surface area contributed by atoms with E-state index in [1.165, 1.54) is 6.07 Å². The molecule has 10 heteroatoms. The third-order valence-corrected chi connectivity index (χ3v) is 10.1. The van der Waals surface area contributed by atoms with E-state index in [4.69, 9.17) is 27.9 Å². The highest BCUT2D eigenvalue weighted by atomic mass is 35.5. The van der Waals surface area contributed by atoms with Gasteiger partial charge in [0, 0.05) is 59.2 Å². The van der Waals surface area contributed by atoms with Gasteiger partial charge in [-0.3, -0.25) is 14.5 Å². The highest BCUT2D eigenvalue weighted by Gasteiger charge is 2.70. The number of carbonyl (C=O) groups is 2. The highest BCUT2D eigenvalue weighted by molar-refractivity contribution is 6.31. The van der Waals surface area contributed by atoms with Crippen molar-refractivity contribution in [3.8, 4) is 0 Å². The topological polar surface area (TPSA) is 82.1 Å². The number of rotatable bonds is 7. The van der Waals surface area contributed by atoms with Crippen LogP contribution in [0.1, 0.15) is 55.1 Å². The van der Waals surface area contributed by atoms with Crippen molar-refractivity contribution >= 4 is 46.4 Å². The van der Waals surface area contributed by atoms with Crippen molar-refractivity contribution in [2.24, 2.45) is 11.8 Å². The zero-order valence-electron chi connectivity index (χ0n) is 23.6. The molecule has 1 aliphatic carbocycles. The summed E-state index contributed by atoms with van der Waals surface area (Å²) >= 11 is 12.7. The average molecular weight is 625 g/mol. The van der Waals surface area contributed by atoms with Gasteiger partial charge >= 0.3 is 0 Å². The van der Waals surface area contributed by atoms with Gasteiger partial charge in [0.25, 0.3) is 0 Å². The van der Waals surface area contributed by atoms with Gasteiger partial charge in [-0.25, -0.2) is 4.39 Å². The first-order chi connectivity index (χ1) is 20.7. The second-order valence-corrected chi connectivity index (χ2v) is 12.7. The number of aliphatic hydroxyl groups is 1. The summed E-state index contributed by atoms with van der Waals surface area (Å²) in [7, 11) is 0. The van der Waals surface area contributed by atoms with Gasteiger partial charge in [0.05, 0.1) is 10.9 Å². The molecule has 224 valence electrons. The van der Waals surface area contributed by atoms with E-state index < -0.39 is 29.5 Å². The van der Waals surface area contributed by atoms with Crippen molar-refractivity contribution in [3.63, 3.8) is 0 Å². The maximum absolute atomic E-state index is 16.1. The summed E-state index contributed by atoms with van der Waals surface area (Å²) in [5, 5.41) is 13.9. The molecule has 7 rings (SSSR count). The van der Waals surface area contributed by atoms with Gasteiger partial charge in [-0.1, -0.05) is 53.5 Å². The number of anilines is 2. The van der Waals surface area contributed by atoms with Crippen molar-refractivity contribution < 1.29 is 23.8 Å². The number of carbonyl (C=O) groups excluding carboxylic acids is 2. The Kier molecular flexibility index (Phi) is 7.26. The Morgan fingerprint density at radius 1 is 1.09 bits per heavy atom. The molecular formula is C33H32Cl2FN3O4. The average Bonchev–Trinajstić information content (AvgIpc) is 3.71. The summed E-state index contributed by atoms with van der Waals surface area (Å²) in [4.78, 5) is 33.1. The van der Waals surface area contributed by atoms with Crippen LogP contribution in [0.3, 0.4) is 0 Å². The largest absolute Gasteiger partial charge is 0.364 e. The lowest BCUT2D eigenvalue weighted by Crippen LogP contribution is -2.54. The van der Waals surface area contributed by atoms with E-state index in [1.807, 2.05) is 12.1 Å². The molecule has 3 fully saturated rings. The Morgan fingerprint density at radius 3 is 2.65 bits per heavy atom. The number of nitrogens with zero attached hydrogens (tertiary/aromatic N) is 2. The molecule has 0 bridgehead atoms. The number of hydrogen-bond acceptors (Lipinski definition) is 5. The number of likely N-dealkylation sites (tertiary alicyclic amines) is 1. The summed E-state index contributed by atoms with van der Waals surface area (Å²) in [5.41, 5.74) is 1.33. The molecule has 4 aliphatic rings. The molecule has 1 spiro atoms. The molecule has 3 aliphatic heterocycles. The number of aliphatic hydroxyl groups excluding tert-OH is 1. The maximum Gasteiger partial charge on any atom is 0.250 e. The molecule has 0 radical (unpaired) electrons. The summed E-state index contributed by atoms with van der Waals surface area (Å²) in [6.07, 6.45) is 1.55. The summed E-state index contributed by atoms with van der Waals surface area (Å²) in [6.45, 7) is 3.16. The molecular weight excluding hydrogens is 592 g/mol. The van der Waals surface area contributed by atoms with Crippen LogP contribution in [0.5, 0.6) is 0 Å². The molecule has 7 nitrogen and oxygen atoms in total. The SMILES string of the molecule is CCOC(O)c1cccc(N2CC[C@H]3[C@@H](C2=O)[C@H](c2cccc(Cl)c2F)[C@]2(C(=O)Nc4cc(Cl)ccc42)N3CC2CC2)c1. The highest BCUT2D eigenvalue weighted by Crippen LogP contribution is 2.62. The maximum atomic E-state index is 16.1. The predicted molar refractivity (Wildman–Crippen MR) is 163 cm³/mol. The number of amides is 2. The lowest BCUT2D eigenvalue weighted by Gasteiger charge is -2.40. The zero-order chi connectivity index (χ0) is 30.0. The van der Waals surface area contributed by atoms with Crippen molar-refractivity contribution in [2.75, 3.05) is 29.9 Å².